The van der Waals surface area contributed by atoms with Crippen molar-refractivity contribution in [2.45, 2.75) is 46.6 Å². The van der Waals surface area contributed by atoms with E-state index in [9.17, 15) is 0 Å². The Bertz CT molecular complexity index is 1710. The molecule has 4 nitrogen and oxygen atoms in total. The quantitative estimate of drug-likeness (QED) is 0.174. The summed E-state index contributed by atoms with van der Waals surface area (Å²) in [6, 6.07) is 34.0. The van der Waals surface area contributed by atoms with Crippen LogP contribution in [0.3, 0.4) is 0 Å². The van der Waals surface area contributed by atoms with E-state index >= 15 is 0 Å². The number of hydrogen-bond acceptors (Lipinski definition) is 3. The first-order valence-corrected chi connectivity index (χ1v) is 14.8. The number of ether oxygens (including phenoxy) is 1. The van der Waals surface area contributed by atoms with E-state index in [4.69, 9.17) is 9.15 Å². The van der Waals surface area contributed by atoms with E-state index in [1.807, 2.05) is 0 Å². The molecular weight excluding hydrogens is 504 g/mol. The predicted octanol–water partition coefficient (Wildman–Crippen LogP) is 9.41. The van der Waals surface area contributed by atoms with Crippen molar-refractivity contribution in [3.63, 3.8) is 0 Å². The van der Waals surface area contributed by atoms with Gasteiger partial charge in [-0.15, -0.1) is 0 Å². The van der Waals surface area contributed by atoms with Gasteiger partial charge in [-0.25, -0.2) is 0 Å². The maximum Gasteiger partial charge on any atom is 0.374 e. The summed E-state index contributed by atoms with van der Waals surface area (Å²) in [6.07, 6.45) is 7.25. The third kappa shape index (κ3) is 5.43. The number of aryl methyl sites for hydroxylation is 1. The van der Waals surface area contributed by atoms with E-state index in [1.165, 1.54) is 22.3 Å². The standard InChI is InChI=1S/C37H37N2O2/c1-4-21-38-32-25-30(28-13-9-7-10-14-28)17-19-34(32)40-36(38)23-27(6-3)24-37-39(22-5-2)33-26-31(18-20-35(33)41-37)29-15-11-8-12-16-29/h7-20,23-26H,4-6,21-22H2,1-3H3/q+1. The first kappa shape index (κ1) is 26.6. The van der Waals surface area contributed by atoms with Crippen LogP contribution in [0.2, 0.25) is 0 Å². The zero-order valence-corrected chi connectivity index (χ0v) is 24.1. The average Bonchev–Trinajstić information content (AvgIpc) is 3.54. The van der Waals surface area contributed by atoms with Gasteiger partial charge in [0.1, 0.15) is 0 Å². The summed E-state index contributed by atoms with van der Waals surface area (Å²) >= 11 is 0. The zero-order valence-electron chi connectivity index (χ0n) is 24.1. The Balaban J connectivity index is 1.37. The molecule has 0 saturated heterocycles. The lowest BCUT2D eigenvalue weighted by Gasteiger charge is -2.18. The van der Waals surface area contributed by atoms with E-state index in [0.717, 1.165) is 72.2 Å². The van der Waals surface area contributed by atoms with Gasteiger partial charge < -0.3 is 14.1 Å². The molecule has 0 aliphatic carbocycles. The highest BCUT2D eigenvalue weighted by Crippen LogP contribution is 2.42. The number of benzene rings is 4. The van der Waals surface area contributed by atoms with E-state index in [-0.39, 0.29) is 0 Å². The van der Waals surface area contributed by atoms with Crippen LogP contribution in [0.5, 0.6) is 5.75 Å². The lowest BCUT2D eigenvalue weighted by atomic mass is 10.0. The molecular formula is C37H37N2O2+. The Hall–Kier alpha value is -4.57. The van der Waals surface area contributed by atoms with Crippen LogP contribution >= 0.6 is 0 Å². The fraction of sp³-hybridized carbons (Fsp3) is 0.216. The van der Waals surface area contributed by atoms with Gasteiger partial charge >= 0.3 is 5.89 Å². The minimum atomic E-state index is 0.858. The van der Waals surface area contributed by atoms with E-state index < -0.39 is 0 Å². The van der Waals surface area contributed by atoms with E-state index in [1.54, 1.807) is 0 Å². The molecule has 0 amide bonds. The highest BCUT2D eigenvalue weighted by molar-refractivity contribution is 5.79. The predicted molar refractivity (Wildman–Crippen MR) is 169 cm³/mol. The van der Waals surface area contributed by atoms with Gasteiger partial charge in [0.05, 0.1) is 11.8 Å². The van der Waals surface area contributed by atoms with Crippen molar-refractivity contribution in [1.29, 1.82) is 0 Å². The number of oxazole rings is 1. The summed E-state index contributed by atoms with van der Waals surface area (Å²) in [5, 5.41) is 0. The Morgan fingerprint density at radius 2 is 1.44 bits per heavy atom. The van der Waals surface area contributed by atoms with Crippen LogP contribution in [0.4, 0.5) is 5.69 Å². The Morgan fingerprint density at radius 1 is 0.756 bits per heavy atom. The molecule has 0 saturated carbocycles. The van der Waals surface area contributed by atoms with Gasteiger partial charge in [-0.1, -0.05) is 93.6 Å². The monoisotopic (exact) mass is 541 g/mol. The number of rotatable bonds is 9. The van der Waals surface area contributed by atoms with Crippen LogP contribution in [0.25, 0.3) is 39.4 Å². The normalized spacial score (nSPS) is 14.1. The van der Waals surface area contributed by atoms with Gasteiger partial charge in [-0.2, -0.15) is 4.57 Å². The molecule has 2 heterocycles. The molecule has 41 heavy (non-hydrogen) atoms. The van der Waals surface area contributed by atoms with Gasteiger partial charge in [-0.05, 0) is 58.9 Å². The lowest BCUT2D eigenvalue weighted by Crippen LogP contribution is -2.35. The smallest absolute Gasteiger partial charge is 0.374 e. The molecule has 0 N–H and O–H groups in total. The van der Waals surface area contributed by atoms with Crippen LogP contribution < -0.4 is 14.2 Å². The highest BCUT2D eigenvalue weighted by atomic mass is 16.5. The molecule has 0 atom stereocenters. The molecule has 1 aliphatic heterocycles. The van der Waals surface area contributed by atoms with Gasteiger partial charge in [0.25, 0.3) is 5.52 Å². The second-order valence-electron chi connectivity index (χ2n) is 10.5. The fourth-order valence-corrected chi connectivity index (χ4v) is 5.51. The van der Waals surface area contributed by atoms with Crippen molar-refractivity contribution in [1.82, 2.24) is 0 Å². The summed E-state index contributed by atoms with van der Waals surface area (Å²) in [5.41, 5.74) is 9.10. The van der Waals surface area contributed by atoms with Crippen molar-refractivity contribution >= 4 is 22.9 Å². The highest BCUT2D eigenvalue weighted by Gasteiger charge is 2.27. The molecule has 6 rings (SSSR count). The van der Waals surface area contributed by atoms with Gasteiger partial charge in [0.15, 0.2) is 12.3 Å². The number of hydrogen-bond donors (Lipinski definition) is 0. The summed E-state index contributed by atoms with van der Waals surface area (Å²) < 4.78 is 15.2. The molecule has 4 aromatic carbocycles. The maximum atomic E-state index is 6.44. The second kappa shape index (κ2) is 11.9. The number of allylic oxidation sites excluding steroid dienone is 2. The Labute approximate surface area is 242 Å². The number of nitrogens with zero attached hydrogens (tertiary/aromatic N) is 2. The van der Waals surface area contributed by atoms with Crippen LogP contribution in [0, 0.1) is 0 Å². The molecule has 5 aromatic rings. The average molecular weight is 542 g/mol. The number of aromatic nitrogens is 1. The Morgan fingerprint density at radius 3 is 2.10 bits per heavy atom. The van der Waals surface area contributed by atoms with Crippen molar-refractivity contribution in [2.24, 2.45) is 0 Å². The molecule has 1 aromatic heterocycles. The van der Waals surface area contributed by atoms with Crippen molar-refractivity contribution in [3.8, 4) is 28.0 Å². The molecule has 0 bridgehead atoms. The summed E-state index contributed by atoms with van der Waals surface area (Å²) in [7, 11) is 0. The van der Waals surface area contributed by atoms with Crippen molar-refractivity contribution in [3.05, 3.63) is 120 Å². The molecule has 0 radical (unpaired) electrons. The summed E-state index contributed by atoms with van der Waals surface area (Å²) in [5.74, 6) is 2.63. The molecule has 0 unspecified atom stereocenters. The largest absolute Gasteiger partial charge is 0.439 e. The number of fused-ring (bicyclic) bond motifs is 2. The molecule has 4 heteroatoms. The van der Waals surface area contributed by atoms with Gasteiger partial charge in [0.2, 0.25) is 11.5 Å². The van der Waals surface area contributed by atoms with Crippen LogP contribution in [0.15, 0.2) is 119 Å². The molecule has 1 aliphatic rings. The second-order valence-corrected chi connectivity index (χ2v) is 10.5. The molecule has 0 spiro atoms. The van der Waals surface area contributed by atoms with E-state index in [2.05, 4.69) is 139 Å². The summed E-state index contributed by atoms with van der Waals surface area (Å²) in [4.78, 5) is 2.30. The number of anilines is 1. The minimum absolute atomic E-state index is 0.858. The zero-order chi connectivity index (χ0) is 28.2. The van der Waals surface area contributed by atoms with Gasteiger partial charge in [0, 0.05) is 25.1 Å². The topological polar surface area (TPSA) is 29.5 Å². The van der Waals surface area contributed by atoms with Crippen molar-refractivity contribution < 1.29 is 13.7 Å². The SMILES string of the molecule is CCCN1/C(=C/C(=C\c2oc3ccc(-c4ccccc4)cc3[n+]2CCC)CC)Oc2ccc(-c3ccccc3)cc21. The summed E-state index contributed by atoms with van der Waals surface area (Å²) in [6.45, 7) is 8.37. The Kier molecular flexibility index (Phi) is 7.73. The molecule has 206 valence electrons. The van der Waals surface area contributed by atoms with Gasteiger partial charge in [-0.3, -0.25) is 0 Å². The first-order chi connectivity index (χ1) is 20.2. The third-order valence-corrected chi connectivity index (χ3v) is 7.60. The van der Waals surface area contributed by atoms with E-state index in [0.29, 0.717) is 0 Å². The van der Waals surface area contributed by atoms with Crippen LogP contribution in [-0.2, 0) is 6.54 Å². The third-order valence-electron chi connectivity index (χ3n) is 7.60. The minimum Gasteiger partial charge on any atom is -0.439 e. The first-order valence-electron chi connectivity index (χ1n) is 14.8. The van der Waals surface area contributed by atoms with Crippen LogP contribution in [-0.4, -0.2) is 6.54 Å². The molecule has 0 fully saturated rings. The van der Waals surface area contributed by atoms with Crippen molar-refractivity contribution in [2.75, 3.05) is 11.4 Å². The lowest BCUT2D eigenvalue weighted by molar-refractivity contribution is -0.678. The van der Waals surface area contributed by atoms with Crippen LogP contribution in [0.1, 0.15) is 45.9 Å². The fourth-order valence-electron chi connectivity index (χ4n) is 5.51. The maximum absolute atomic E-state index is 6.44.